The molecule has 5 nitrogen and oxygen atoms in total. The summed E-state index contributed by atoms with van der Waals surface area (Å²) in [6, 6.07) is 14.6. The first kappa shape index (κ1) is 21.1. The van der Waals surface area contributed by atoms with E-state index in [1.165, 1.54) is 4.70 Å². The zero-order chi connectivity index (χ0) is 21.1. The number of aldehydes is 1. The number of benzene rings is 2. The van der Waals surface area contributed by atoms with Gasteiger partial charge in [-0.2, -0.15) is 0 Å². The first-order valence-corrected chi connectivity index (χ1v) is 11.5. The predicted octanol–water partition coefficient (Wildman–Crippen LogP) is 4.67. The van der Waals surface area contributed by atoms with Crippen molar-refractivity contribution in [3.05, 3.63) is 53.1 Å². The van der Waals surface area contributed by atoms with Crippen LogP contribution in [-0.4, -0.2) is 54.5 Å². The van der Waals surface area contributed by atoms with Crippen molar-refractivity contribution >= 4 is 44.6 Å². The van der Waals surface area contributed by atoms with Gasteiger partial charge in [-0.15, -0.1) is 0 Å². The number of carbonyl (C=O) groups is 1. The lowest BCUT2D eigenvalue weighted by Crippen LogP contribution is -2.57. The van der Waals surface area contributed by atoms with Gasteiger partial charge in [-0.25, -0.2) is 4.98 Å². The summed E-state index contributed by atoms with van der Waals surface area (Å²) in [4.78, 5) is 20.5. The summed E-state index contributed by atoms with van der Waals surface area (Å²) < 4.78 is 7.19. The molecular weight excluding hydrogens is 418 g/mol. The van der Waals surface area contributed by atoms with Crippen molar-refractivity contribution in [2.24, 2.45) is 0 Å². The molecule has 0 amide bonds. The predicted molar refractivity (Wildman–Crippen MR) is 124 cm³/mol. The molecule has 2 aromatic carbocycles. The fraction of sp³-hybridized carbons (Fsp3) is 0.391. The minimum atomic E-state index is 0.370. The zero-order valence-electron chi connectivity index (χ0n) is 17.3. The van der Waals surface area contributed by atoms with E-state index in [0.29, 0.717) is 35.9 Å². The Bertz CT molecular complexity index is 980. The maximum atomic E-state index is 10.8. The summed E-state index contributed by atoms with van der Waals surface area (Å²) in [5.74, 6) is 0.643. The minimum Gasteiger partial charge on any atom is -0.491 e. The van der Waals surface area contributed by atoms with E-state index in [1.54, 1.807) is 17.4 Å². The number of hydrogen-bond acceptors (Lipinski definition) is 6. The first-order valence-electron chi connectivity index (χ1n) is 10.3. The SMILES string of the molecule is C[C@@H]1CN(c2nc3ccccc3s2)C[C@H](C)N1CCOc1cc(CC=O)ccc1Cl. The molecule has 1 aliphatic heterocycles. The second-order valence-corrected chi connectivity index (χ2v) is 9.21. The smallest absolute Gasteiger partial charge is 0.186 e. The molecule has 0 N–H and O–H groups in total. The molecule has 1 aliphatic rings. The molecule has 2 atom stereocenters. The number of halogens is 1. The monoisotopic (exact) mass is 443 g/mol. The zero-order valence-corrected chi connectivity index (χ0v) is 18.8. The summed E-state index contributed by atoms with van der Waals surface area (Å²) in [5.41, 5.74) is 1.98. The number of nitrogens with zero attached hydrogens (tertiary/aromatic N) is 3. The average Bonchev–Trinajstić information content (AvgIpc) is 3.16. The second-order valence-electron chi connectivity index (χ2n) is 7.79. The summed E-state index contributed by atoms with van der Waals surface area (Å²) in [5, 5.41) is 1.68. The quantitative estimate of drug-likeness (QED) is 0.496. The highest BCUT2D eigenvalue weighted by molar-refractivity contribution is 7.22. The van der Waals surface area contributed by atoms with Gasteiger partial charge >= 0.3 is 0 Å². The molecule has 2 heterocycles. The van der Waals surface area contributed by atoms with Crippen LogP contribution in [0.4, 0.5) is 5.13 Å². The van der Waals surface area contributed by atoms with Gasteiger partial charge in [0.25, 0.3) is 0 Å². The molecule has 158 valence electrons. The van der Waals surface area contributed by atoms with Gasteiger partial charge in [0.05, 0.1) is 15.2 Å². The Morgan fingerprint density at radius 3 is 2.70 bits per heavy atom. The highest BCUT2D eigenvalue weighted by atomic mass is 35.5. The Hall–Kier alpha value is -2.15. The largest absolute Gasteiger partial charge is 0.491 e. The van der Waals surface area contributed by atoms with Gasteiger partial charge in [-0.3, -0.25) is 4.90 Å². The number of carbonyl (C=O) groups excluding carboxylic acids is 1. The Kier molecular flexibility index (Phi) is 6.56. The molecule has 0 saturated carbocycles. The molecule has 1 aromatic heterocycles. The van der Waals surface area contributed by atoms with Crippen LogP contribution in [0.2, 0.25) is 5.02 Å². The molecule has 1 saturated heterocycles. The Balaban J connectivity index is 1.36. The second kappa shape index (κ2) is 9.33. The highest BCUT2D eigenvalue weighted by Gasteiger charge is 2.30. The molecule has 4 rings (SSSR count). The molecule has 1 fully saturated rings. The Morgan fingerprint density at radius 1 is 1.20 bits per heavy atom. The lowest BCUT2D eigenvalue weighted by atomic mass is 10.1. The number of aromatic nitrogens is 1. The topological polar surface area (TPSA) is 45.7 Å². The number of para-hydroxylation sites is 1. The number of fused-ring (bicyclic) bond motifs is 1. The summed E-state index contributed by atoms with van der Waals surface area (Å²) in [7, 11) is 0. The van der Waals surface area contributed by atoms with Gasteiger partial charge < -0.3 is 14.4 Å². The maximum Gasteiger partial charge on any atom is 0.186 e. The van der Waals surface area contributed by atoms with Gasteiger partial charge in [0.2, 0.25) is 0 Å². The normalized spacial score (nSPS) is 19.9. The van der Waals surface area contributed by atoms with Crippen molar-refractivity contribution in [2.45, 2.75) is 32.4 Å². The van der Waals surface area contributed by atoms with Gasteiger partial charge in [-0.1, -0.05) is 41.1 Å². The van der Waals surface area contributed by atoms with Gasteiger partial charge in [-0.05, 0) is 43.7 Å². The molecule has 30 heavy (non-hydrogen) atoms. The molecule has 0 spiro atoms. The van der Waals surface area contributed by atoms with E-state index in [2.05, 4.69) is 41.8 Å². The van der Waals surface area contributed by atoms with Crippen LogP contribution in [-0.2, 0) is 11.2 Å². The van der Waals surface area contributed by atoms with Crippen LogP contribution in [0.25, 0.3) is 10.2 Å². The number of ether oxygens (including phenoxy) is 1. The van der Waals surface area contributed by atoms with Gasteiger partial charge in [0.15, 0.2) is 5.13 Å². The third kappa shape index (κ3) is 4.61. The van der Waals surface area contributed by atoms with Gasteiger partial charge in [0, 0.05) is 38.1 Å². The Morgan fingerprint density at radius 2 is 1.97 bits per heavy atom. The van der Waals surface area contributed by atoms with Crippen LogP contribution in [0.1, 0.15) is 19.4 Å². The molecule has 0 aliphatic carbocycles. The first-order chi connectivity index (χ1) is 14.5. The van der Waals surface area contributed by atoms with Crippen molar-refractivity contribution in [2.75, 3.05) is 31.1 Å². The third-order valence-electron chi connectivity index (χ3n) is 5.58. The van der Waals surface area contributed by atoms with Crippen LogP contribution in [0.3, 0.4) is 0 Å². The van der Waals surface area contributed by atoms with Crippen molar-refractivity contribution in [1.82, 2.24) is 9.88 Å². The van der Waals surface area contributed by atoms with Gasteiger partial charge in [0.1, 0.15) is 18.6 Å². The van der Waals surface area contributed by atoms with E-state index in [1.807, 2.05) is 18.2 Å². The lowest BCUT2D eigenvalue weighted by molar-refractivity contribution is -0.107. The standard InChI is InChI=1S/C23H26ClN3O2S/c1-16-14-26(23-25-20-5-3-4-6-22(20)30-23)15-17(2)27(16)10-12-29-21-13-18(9-11-28)7-8-19(21)24/h3-8,11,13,16-17H,9-10,12,14-15H2,1-2H3/t16-,17+. The van der Waals surface area contributed by atoms with E-state index in [0.717, 1.165) is 42.1 Å². The van der Waals surface area contributed by atoms with E-state index in [-0.39, 0.29) is 0 Å². The fourth-order valence-electron chi connectivity index (χ4n) is 4.09. The van der Waals surface area contributed by atoms with E-state index < -0.39 is 0 Å². The van der Waals surface area contributed by atoms with Crippen LogP contribution in [0, 0.1) is 0 Å². The molecular formula is C23H26ClN3O2S. The van der Waals surface area contributed by atoms with E-state index >= 15 is 0 Å². The summed E-state index contributed by atoms with van der Waals surface area (Å²) in [6.45, 7) is 7.78. The maximum absolute atomic E-state index is 10.8. The van der Waals surface area contributed by atoms with Crippen LogP contribution < -0.4 is 9.64 Å². The third-order valence-corrected chi connectivity index (χ3v) is 6.99. The number of piperazine rings is 1. The van der Waals surface area contributed by atoms with Crippen molar-refractivity contribution in [3.8, 4) is 5.75 Å². The molecule has 0 bridgehead atoms. The average molecular weight is 444 g/mol. The fourth-order valence-corrected chi connectivity index (χ4v) is 5.25. The minimum absolute atomic E-state index is 0.370. The highest BCUT2D eigenvalue weighted by Crippen LogP contribution is 2.31. The van der Waals surface area contributed by atoms with E-state index in [4.69, 9.17) is 21.3 Å². The van der Waals surface area contributed by atoms with Crippen LogP contribution in [0.5, 0.6) is 5.75 Å². The van der Waals surface area contributed by atoms with Crippen LogP contribution in [0.15, 0.2) is 42.5 Å². The lowest BCUT2D eigenvalue weighted by Gasteiger charge is -2.44. The van der Waals surface area contributed by atoms with E-state index in [9.17, 15) is 4.79 Å². The molecule has 0 unspecified atom stereocenters. The number of hydrogen-bond donors (Lipinski definition) is 0. The molecule has 7 heteroatoms. The Labute approximate surface area is 186 Å². The number of thiazole rings is 1. The molecule has 0 radical (unpaired) electrons. The van der Waals surface area contributed by atoms with Crippen molar-refractivity contribution in [3.63, 3.8) is 0 Å². The summed E-state index contributed by atoms with van der Waals surface area (Å²) >= 11 is 8.02. The number of rotatable bonds is 7. The number of anilines is 1. The van der Waals surface area contributed by atoms with Crippen LogP contribution >= 0.6 is 22.9 Å². The molecule has 3 aromatic rings. The van der Waals surface area contributed by atoms with Crippen molar-refractivity contribution < 1.29 is 9.53 Å². The van der Waals surface area contributed by atoms with Crippen molar-refractivity contribution in [1.29, 1.82) is 0 Å². The summed E-state index contributed by atoms with van der Waals surface area (Å²) in [6.07, 6.45) is 1.26.